The minimum absolute atomic E-state index is 0.109. The molecule has 0 bridgehead atoms. The minimum atomic E-state index is -3.68. The molecule has 1 unspecified atom stereocenters. The Labute approximate surface area is 140 Å². The third-order valence-electron chi connectivity index (χ3n) is 3.89. The van der Waals surface area contributed by atoms with Crippen LogP contribution in [0, 0.1) is 13.8 Å². The van der Waals surface area contributed by atoms with Gasteiger partial charge in [-0.05, 0) is 20.3 Å². The summed E-state index contributed by atoms with van der Waals surface area (Å²) in [6.45, 7) is 4.33. The van der Waals surface area contributed by atoms with Crippen LogP contribution in [0.4, 0.5) is 5.82 Å². The molecule has 1 N–H and O–H groups in total. The van der Waals surface area contributed by atoms with Crippen molar-refractivity contribution in [2.75, 3.05) is 25.1 Å². The number of hydrogen-bond donors (Lipinski definition) is 1. The molecule has 1 atom stereocenters. The zero-order chi connectivity index (χ0) is 17.3. The van der Waals surface area contributed by atoms with Gasteiger partial charge in [0.05, 0.1) is 7.11 Å². The fourth-order valence-electron chi connectivity index (χ4n) is 2.86. The molecule has 130 valence electrons. The van der Waals surface area contributed by atoms with Crippen LogP contribution in [0.3, 0.4) is 0 Å². The molecule has 3 rings (SSSR count). The van der Waals surface area contributed by atoms with E-state index in [2.05, 4.69) is 19.8 Å². The summed E-state index contributed by atoms with van der Waals surface area (Å²) in [4.78, 5) is 10.5. The van der Waals surface area contributed by atoms with Crippen molar-refractivity contribution >= 4 is 15.8 Å². The van der Waals surface area contributed by atoms with Gasteiger partial charge < -0.3 is 14.2 Å². The molecule has 0 saturated carbocycles. The smallest absolute Gasteiger partial charge is 0.257 e. The van der Waals surface area contributed by atoms with Gasteiger partial charge in [0.2, 0.25) is 10.0 Å². The van der Waals surface area contributed by atoms with E-state index >= 15 is 0 Å². The second-order valence-electron chi connectivity index (χ2n) is 5.60. The van der Waals surface area contributed by atoms with Crippen molar-refractivity contribution in [3.8, 4) is 5.88 Å². The van der Waals surface area contributed by atoms with Crippen LogP contribution in [0.15, 0.2) is 21.8 Å². The molecule has 3 heterocycles. The first kappa shape index (κ1) is 16.7. The maximum atomic E-state index is 12.6. The molecule has 0 amide bonds. The number of anilines is 1. The van der Waals surface area contributed by atoms with E-state index in [0.717, 1.165) is 0 Å². The third-order valence-corrected chi connectivity index (χ3v) is 5.65. The molecular formula is C14H19N5O4S. The molecule has 0 aliphatic carbocycles. The van der Waals surface area contributed by atoms with Gasteiger partial charge in [0.1, 0.15) is 10.6 Å². The number of sulfonamides is 1. The Bertz CT molecular complexity index is 816. The van der Waals surface area contributed by atoms with Crippen LogP contribution >= 0.6 is 0 Å². The number of ether oxygens (including phenoxy) is 1. The number of nitrogens with one attached hydrogen (secondary N) is 1. The van der Waals surface area contributed by atoms with Gasteiger partial charge in [-0.2, -0.15) is 0 Å². The molecule has 10 heteroatoms. The van der Waals surface area contributed by atoms with Crippen molar-refractivity contribution in [1.82, 2.24) is 19.8 Å². The highest BCUT2D eigenvalue weighted by Gasteiger charge is 2.32. The van der Waals surface area contributed by atoms with Crippen molar-refractivity contribution < 1.29 is 17.7 Å². The van der Waals surface area contributed by atoms with Crippen molar-refractivity contribution in [3.05, 3.63) is 23.8 Å². The van der Waals surface area contributed by atoms with Gasteiger partial charge in [-0.15, -0.1) is 0 Å². The lowest BCUT2D eigenvalue weighted by atomic mass is 10.3. The SMILES string of the molecule is COc1nccnc1N1CCC(NS(=O)(=O)c2c(C)noc2C)C1. The van der Waals surface area contributed by atoms with E-state index in [-0.39, 0.29) is 16.7 Å². The molecule has 0 radical (unpaired) electrons. The molecule has 1 aliphatic heterocycles. The van der Waals surface area contributed by atoms with Gasteiger partial charge in [-0.3, -0.25) is 0 Å². The average Bonchev–Trinajstić information content (AvgIpc) is 3.13. The summed E-state index contributed by atoms with van der Waals surface area (Å²) < 4.78 is 38.0. The molecule has 0 spiro atoms. The normalized spacial score (nSPS) is 18.1. The zero-order valence-corrected chi connectivity index (χ0v) is 14.5. The lowest BCUT2D eigenvalue weighted by molar-refractivity contribution is 0.390. The molecule has 24 heavy (non-hydrogen) atoms. The van der Waals surface area contributed by atoms with Gasteiger partial charge in [0, 0.05) is 31.5 Å². The van der Waals surface area contributed by atoms with Crippen LogP contribution in [0.25, 0.3) is 0 Å². The Balaban J connectivity index is 1.75. The number of methoxy groups -OCH3 is 1. The van der Waals surface area contributed by atoms with E-state index in [1.165, 1.54) is 7.11 Å². The highest BCUT2D eigenvalue weighted by Crippen LogP contribution is 2.27. The van der Waals surface area contributed by atoms with E-state index in [0.29, 0.717) is 36.9 Å². The van der Waals surface area contributed by atoms with Gasteiger partial charge in [-0.1, -0.05) is 5.16 Å². The lowest BCUT2D eigenvalue weighted by Crippen LogP contribution is -2.37. The molecule has 0 aromatic carbocycles. The van der Waals surface area contributed by atoms with Crippen LogP contribution in [0.5, 0.6) is 5.88 Å². The first-order valence-electron chi connectivity index (χ1n) is 7.47. The Morgan fingerprint density at radius 1 is 1.33 bits per heavy atom. The van der Waals surface area contributed by atoms with Gasteiger partial charge >= 0.3 is 0 Å². The Hall–Kier alpha value is -2.20. The fourth-order valence-corrected chi connectivity index (χ4v) is 4.46. The molecule has 1 saturated heterocycles. The summed E-state index contributed by atoms with van der Waals surface area (Å²) in [5, 5.41) is 3.70. The number of rotatable bonds is 5. The number of aromatic nitrogens is 3. The van der Waals surface area contributed by atoms with Gasteiger partial charge in [0.15, 0.2) is 11.6 Å². The quantitative estimate of drug-likeness (QED) is 0.834. The first-order valence-corrected chi connectivity index (χ1v) is 8.96. The molecule has 1 aliphatic rings. The van der Waals surface area contributed by atoms with E-state index < -0.39 is 10.0 Å². The minimum Gasteiger partial charge on any atom is -0.478 e. The van der Waals surface area contributed by atoms with Gasteiger partial charge in [-0.25, -0.2) is 23.1 Å². The summed E-state index contributed by atoms with van der Waals surface area (Å²) in [6, 6.07) is -0.240. The topological polar surface area (TPSA) is 110 Å². The summed E-state index contributed by atoms with van der Waals surface area (Å²) in [5.41, 5.74) is 0.352. The number of nitrogens with zero attached hydrogens (tertiary/aromatic N) is 4. The first-order chi connectivity index (χ1) is 11.4. The fraction of sp³-hybridized carbons (Fsp3) is 0.500. The number of aryl methyl sites for hydroxylation is 2. The lowest BCUT2D eigenvalue weighted by Gasteiger charge is -2.19. The molecule has 9 nitrogen and oxygen atoms in total. The highest BCUT2D eigenvalue weighted by atomic mass is 32.2. The standard InChI is InChI=1S/C14H19N5O4S/c1-9-12(10(2)23-17-9)24(20,21)18-11-4-7-19(8-11)13-14(22-3)16-6-5-15-13/h5-6,11,18H,4,7-8H2,1-3H3. The Kier molecular flexibility index (Phi) is 4.41. The highest BCUT2D eigenvalue weighted by molar-refractivity contribution is 7.89. The second-order valence-corrected chi connectivity index (χ2v) is 7.25. The van der Waals surface area contributed by atoms with Crippen molar-refractivity contribution in [1.29, 1.82) is 0 Å². The molecule has 2 aromatic heterocycles. The zero-order valence-electron chi connectivity index (χ0n) is 13.7. The molecular weight excluding hydrogens is 334 g/mol. The molecule has 1 fully saturated rings. The summed E-state index contributed by atoms with van der Waals surface area (Å²) in [7, 11) is -2.15. The summed E-state index contributed by atoms with van der Waals surface area (Å²) in [5.74, 6) is 1.32. The van der Waals surface area contributed by atoms with Crippen LogP contribution in [-0.4, -0.2) is 49.8 Å². The maximum Gasteiger partial charge on any atom is 0.257 e. The van der Waals surface area contributed by atoms with Crippen molar-refractivity contribution in [2.45, 2.75) is 31.2 Å². The van der Waals surface area contributed by atoms with Crippen molar-refractivity contribution in [2.24, 2.45) is 0 Å². The van der Waals surface area contributed by atoms with E-state index in [1.807, 2.05) is 4.90 Å². The summed E-state index contributed by atoms with van der Waals surface area (Å²) >= 11 is 0. The Morgan fingerprint density at radius 2 is 2.08 bits per heavy atom. The predicted molar refractivity (Wildman–Crippen MR) is 85.5 cm³/mol. The van der Waals surface area contributed by atoms with E-state index in [4.69, 9.17) is 9.26 Å². The van der Waals surface area contributed by atoms with Crippen LogP contribution < -0.4 is 14.4 Å². The third kappa shape index (κ3) is 3.06. The van der Waals surface area contributed by atoms with Crippen LogP contribution in [0.2, 0.25) is 0 Å². The van der Waals surface area contributed by atoms with Gasteiger partial charge in [0.25, 0.3) is 5.88 Å². The second kappa shape index (κ2) is 6.36. The van der Waals surface area contributed by atoms with Crippen molar-refractivity contribution in [3.63, 3.8) is 0 Å². The predicted octanol–water partition coefficient (Wildman–Crippen LogP) is 0.647. The summed E-state index contributed by atoms with van der Waals surface area (Å²) in [6.07, 6.45) is 3.79. The maximum absolute atomic E-state index is 12.6. The monoisotopic (exact) mass is 353 g/mol. The average molecular weight is 353 g/mol. The van der Waals surface area contributed by atoms with Crippen LogP contribution in [-0.2, 0) is 10.0 Å². The molecule has 2 aromatic rings. The van der Waals surface area contributed by atoms with Crippen LogP contribution in [0.1, 0.15) is 17.9 Å². The van der Waals surface area contributed by atoms with E-state index in [9.17, 15) is 8.42 Å². The van der Waals surface area contributed by atoms with E-state index in [1.54, 1.807) is 26.2 Å². The number of hydrogen-bond acceptors (Lipinski definition) is 8. The largest absolute Gasteiger partial charge is 0.478 e. The Morgan fingerprint density at radius 3 is 2.75 bits per heavy atom.